The highest BCUT2D eigenvalue weighted by Crippen LogP contribution is 2.49. The van der Waals surface area contributed by atoms with Crippen LogP contribution >= 0.6 is 0 Å². The van der Waals surface area contributed by atoms with E-state index in [1.807, 2.05) is 18.2 Å². The van der Waals surface area contributed by atoms with Crippen molar-refractivity contribution in [2.45, 2.75) is 77.6 Å². The summed E-state index contributed by atoms with van der Waals surface area (Å²) in [6.45, 7) is 16.4. The molecule has 0 aliphatic heterocycles. The van der Waals surface area contributed by atoms with Gasteiger partial charge in [0.25, 0.3) is 0 Å². The van der Waals surface area contributed by atoms with E-state index in [1.165, 1.54) is 62.1 Å². The maximum absolute atomic E-state index is 5.14. The number of hydrogen-bond donors (Lipinski definition) is 0. The van der Waals surface area contributed by atoms with Gasteiger partial charge in [0.1, 0.15) is 0 Å². The van der Waals surface area contributed by atoms with E-state index < -0.39 is 0 Å². The second-order valence-corrected chi connectivity index (χ2v) is 17.2. The molecule has 53 heavy (non-hydrogen) atoms. The van der Waals surface area contributed by atoms with Gasteiger partial charge in [-0.05, 0) is 86.9 Å². The molecule has 8 aromatic rings. The molecular formula is C49H46N4. The Labute approximate surface area is 312 Å². The molecule has 1 aliphatic rings. The van der Waals surface area contributed by atoms with Crippen molar-refractivity contribution in [1.82, 2.24) is 19.5 Å². The molecule has 0 saturated carbocycles. The monoisotopic (exact) mass is 690 g/mol. The average Bonchev–Trinajstić information content (AvgIpc) is 3.50. The van der Waals surface area contributed by atoms with Gasteiger partial charge in [-0.15, -0.1) is 0 Å². The topological polar surface area (TPSA) is 43.6 Å². The van der Waals surface area contributed by atoms with E-state index in [1.54, 1.807) is 0 Å². The number of rotatable bonds is 4. The fraction of sp³-hybridized carbons (Fsp3) is 0.245. The Morgan fingerprint density at radius 3 is 1.77 bits per heavy atom. The van der Waals surface area contributed by atoms with E-state index in [0.717, 1.165) is 22.4 Å². The molecule has 1 aliphatic carbocycles. The lowest BCUT2D eigenvalue weighted by Crippen LogP contribution is -2.33. The van der Waals surface area contributed by atoms with Crippen molar-refractivity contribution in [3.05, 3.63) is 144 Å². The van der Waals surface area contributed by atoms with E-state index in [2.05, 4.69) is 162 Å². The minimum absolute atomic E-state index is 0.0583. The van der Waals surface area contributed by atoms with E-state index in [-0.39, 0.29) is 16.2 Å². The van der Waals surface area contributed by atoms with Crippen LogP contribution in [0.15, 0.2) is 127 Å². The van der Waals surface area contributed by atoms with Gasteiger partial charge in [-0.25, -0.2) is 15.0 Å². The van der Waals surface area contributed by atoms with Gasteiger partial charge < -0.3 is 4.57 Å². The van der Waals surface area contributed by atoms with Crippen LogP contribution in [0.1, 0.15) is 78.0 Å². The van der Waals surface area contributed by atoms with Gasteiger partial charge in [-0.3, -0.25) is 0 Å². The van der Waals surface area contributed by atoms with Crippen molar-refractivity contribution in [2.24, 2.45) is 0 Å². The molecule has 262 valence electrons. The number of benzene rings is 6. The van der Waals surface area contributed by atoms with Crippen LogP contribution < -0.4 is 0 Å². The molecule has 0 N–H and O–H groups in total. The van der Waals surface area contributed by atoms with Crippen molar-refractivity contribution in [2.75, 3.05) is 0 Å². The molecule has 0 unspecified atom stereocenters. The quantitative estimate of drug-likeness (QED) is 0.185. The first-order valence-corrected chi connectivity index (χ1v) is 18.9. The van der Waals surface area contributed by atoms with Gasteiger partial charge >= 0.3 is 0 Å². The van der Waals surface area contributed by atoms with Crippen LogP contribution in [0.4, 0.5) is 0 Å². The Hall–Kier alpha value is -5.61. The molecule has 2 heterocycles. The summed E-state index contributed by atoms with van der Waals surface area (Å²) in [4.78, 5) is 15.3. The van der Waals surface area contributed by atoms with Crippen LogP contribution in [0.3, 0.4) is 0 Å². The van der Waals surface area contributed by atoms with E-state index >= 15 is 0 Å². The van der Waals surface area contributed by atoms with Gasteiger partial charge in [-0.2, -0.15) is 0 Å². The number of aromatic nitrogens is 4. The maximum atomic E-state index is 5.14. The van der Waals surface area contributed by atoms with Crippen LogP contribution in [0, 0.1) is 0 Å². The Balaban J connectivity index is 1.28. The van der Waals surface area contributed by atoms with Gasteiger partial charge in [-0.1, -0.05) is 146 Å². The van der Waals surface area contributed by atoms with Gasteiger partial charge in [0, 0.05) is 33.2 Å². The van der Waals surface area contributed by atoms with Crippen molar-refractivity contribution in [3.63, 3.8) is 0 Å². The normalized spacial score (nSPS) is 15.2. The lowest BCUT2D eigenvalue weighted by molar-refractivity contribution is 0.332. The first kappa shape index (κ1) is 33.2. The third kappa shape index (κ3) is 5.63. The fourth-order valence-electron chi connectivity index (χ4n) is 8.38. The summed E-state index contributed by atoms with van der Waals surface area (Å²) in [6, 6.07) is 46.0. The highest BCUT2D eigenvalue weighted by atomic mass is 15.0. The third-order valence-electron chi connectivity index (χ3n) is 11.7. The Morgan fingerprint density at radius 2 is 1.09 bits per heavy atom. The zero-order valence-electron chi connectivity index (χ0n) is 31.8. The molecule has 0 amide bonds. The van der Waals surface area contributed by atoms with Gasteiger partial charge in [0.2, 0.25) is 0 Å². The Morgan fingerprint density at radius 1 is 0.509 bits per heavy atom. The minimum atomic E-state index is 0.0583. The molecule has 2 aromatic heterocycles. The molecule has 0 saturated heterocycles. The molecule has 0 fully saturated rings. The summed E-state index contributed by atoms with van der Waals surface area (Å²) in [5.74, 6) is 1.98. The minimum Gasteiger partial charge on any atom is -0.309 e. The van der Waals surface area contributed by atoms with Crippen molar-refractivity contribution >= 4 is 32.6 Å². The molecule has 0 radical (unpaired) electrons. The molecule has 0 bridgehead atoms. The summed E-state index contributed by atoms with van der Waals surface area (Å²) >= 11 is 0. The fourth-order valence-corrected chi connectivity index (χ4v) is 8.38. The summed E-state index contributed by atoms with van der Waals surface area (Å²) < 4.78 is 2.46. The lowest BCUT2D eigenvalue weighted by Gasteiger charge is -2.42. The maximum Gasteiger partial charge on any atom is 0.164 e. The number of fused-ring (bicyclic) bond motifs is 6. The average molecular weight is 691 g/mol. The van der Waals surface area contributed by atoms with Crippen LogP contribution in [0.5, 0.6) is 0 Å². The van der Waals surface area contributed by atoms with Crippen LogP contribution in [-0.4, -0.2) is 19.5 Å². The van der Waals surface area contributed by atoms with Gasteiger partial charge in [0.15, 0.2) is 17.5 Å². The summed E-state index contributed by atoms with van der Waals surface area (Å²) in [6.07, 6.45) is 2.35. The molecule has 4 nitrogen and oxygen atoms in total. The molecule has 0 atom stereocenters. The lowest BCUT2D eigenvalue weighted by atomic mass is 9.63. The SMILES string of the molecule is CC(C)(C)c1ccc(-c2nc(-c3ccccc3)nc(-c3cccc(-n4c5cc6c(cc5c5c7ccccc7ccc54)C(C)(C)CCC6(C)C)c3)n2)cc1. The highest BCUT2D eigenvalue weighted by molar-refractivity contribution is 6.21. The van der Waals surface area contributed by atoms with Crippen molar-refractivity contribution in [1.29, 1.82) is 0 Å². The predicted molar refractivity (Wildman–Crippen MR) is 222 cm³/mol. The molecule has 4 heteroatoms. The molecule has 0 spiro atoms. The van der Waals surface area contributed by atoms with Crippen molar-refractivity contribution < 1.29 is 0 Å². The number of hydrogen-bond acceptors (Lipinski definition) is 3. The zero-order valence-corrected chi connectivity index (χ0v) is 31.8. The molecular weight excluding hydrogens is 645 g/mol. The molecule has 6 aromatic carbocycles. The van der Waals surface area contributed by atoms with Gasteiger partial charge in [0.05, 0.1) is 11.0 Å². The second-order valence-electron chi connectivity index (χ2n) is 17.2. The standard InChI is InChI=1S/C49H46N4/c1-47(2,3)35-23-20-33(21-24-35)45-50-44(32-15-9-8-10-16-32)51-46(52-45)34-17-13-18-36(28-34)53-41-25-22-31-14-11-12-19-37(31)43(41)38-29-39-40(30-42(38)53)49(6,7)27-26-48(39,4)5/h8-25,28-30H,26-27H2,1-7H3. The largest absolute Gasteiger partial charge is 0.309 e. The summed E-state index contributed by atoms with van der Waals surface area (Å²) in [7, 11) is 0. The highest BCUT2D eigenvalue weighted by Gasteiger charge is 2.38. The van der Waals surface area contributed by atoms with E-state index in [4.69, 9.17) is 15.0 Å². The summed E-state index contributed by atoms with van der Waals surface area (Å²) in [5, 5.41) is 5.15. The van der Waals surface area contributed by atoms with Crippen LogP contribution in [0.2, 0.25) is 0 Å². The van der Waals surface area contributed by atoms with Crippen LogP contribution in [0.25, 0.3) is 72.4 Å². The number of nitrogens with zero attached hydrogens (tertiary/aromatic N) is 4. The smallest absolute Gasteiger partial charge is 0.164 e. The summed E-state index contributed by atoms with van der Waals surface area (Å²) in [5.41, 5.74) is 10.9. The van der Waals surface area contributed by atoms with Crippen molar-refractivity contribution in [3.8, 4) is 39.9 Å². The van der Waals surface area contributed by atoms with Crippen LogP contribution in [-0.2, 0) is 16.2 Å². The Kier molecular flexibility index (Phi) is 7.50. The van der Waals surface area contributed by atoms with E-state index in [9.17, 15) is 0 Å². The molecule has 9 rings (SSSR count). The first-order chi connectivity index (χ1) is 25.4. The second kappa shape index (κ2) is 12.0. The Bertz CT molecular complexity index is 2690. The zero-order chi connectivity index (χ0) is 36.7. The predicted octanol–water partition coefficient (Wildman–Crippen LogP) is 12.8. The van der Waals surface area contributed by atoms with E-state index in [0.29, 0.717) is 17.5 Å². The third-order valence-corrected chi connectivity index (χ3v) is 11.7. The first-order valence-electron chi connectivity index (χ1n) is 18.9.